The van der Waals surface area contributed by atoms with E-state index in [4.69, 9.17) is 28.6 Å². The van der Waals surface area contributed by atoms with E-state index >= 15 is 0 Å². The number of fused-ring (bicyclic) bond motifs is 1. The summed E-state index contributed by atoms with van der Waals surface area (Å²) in [5.41, 5.74) is 1.40. The SMILES string of the molecule is COc1ccc(C(=O)NC(=S)Nc2nc3cc(Cl)c(C)cc3s2)cc1[N+](=O)[O-]. The van der Waals surface area contributed by atoms with Crippen molar-refractivity contribution in [2.75, 3.05) is 12.4 Å². The van der Waals surface area contributed by atoms with Crippen LogP contribution in [0.2, 0.25) is 5.02 Å². The average molecular weight is 437 g/mol. The summed E-state index contributed by atoms with van der Waals surface area (Å²) in [4.78, 5) is 27.2. The number of ether oxygens (including phenoxy) is 1. The van der Waals surface area contributed by atoms with Crippen LogP contribution >= 0.6 is 35.2 Å². The number of halogens is 1. The highest BCUT2D eigenvalue weighted by molar-refractivity contribution is 7.80. The second-order valence-electron chi connectivity index (χ2n) is 5.64. The molecule has 0 fully saturated rings. The maximum absolute atomic E-state index is 12.3. The molecule has 0 saturated carbocycles. The van der Waals surface area contributed by atoms with E-state index in [2.05, 4.69) is 15.6 Å². The number of nitrogens with zero attached hydrogens (tertiary/aromatic N) is 2. The number of aromatic nitrogens is 1. The van der Waals surface area contributed by atoms with Crippen molar-refractivity contribution in [1.82, 2.24) is 10.3 Å². The Morgan fingerprint density at radius 1 is 1.36 bits per heavy atom. The number of rotatable bonds is 4. The van der Waals surface area contributed by atoms with Crippen molar-refractivity contribution < 1.29 is 14.5 Å². The fraction of sp³-hybridized carbons (Fsp3) is 0.118. The molecule has 2 N–H and O–H groups in total. The number of anilines is 1. The Labute approximate surface area is 173 Å². The van der Waals surface area contributed by atoms with E-state index < -0.39 is 10.8 Å². The lowest BCUT2D eigenvalue weighted by molar-refractivity contribution is -0.385. The summed E-state index contributed by atoms with van der Waals surface area (Å²) in [6, 6.07) is 7.55. The van der Waals surface area contributed by atoms with Crippen LogP contribution in [0.3, 0.4) is 0 Å². The minimum absolute atomic E-state index is 0.0188. The number of hydrogen-bond acceptors (Lipinski definition) is 7. The molecule has 3 aromatic rings. The molecule has 28 heavy (non-hydrogen) atoms. The van der Waals surface area contributed by atoms with Crippen molar-refractivity contribution in [2.24, 2.45) is 0 Å². The van der Waals surface area contributed by atoms with E-state index in [9.17, 15) is 14.9 Å². The molecule has 0 unspecified atom stereocenters. The van der Waals surface area contributed by atoms with Crippen LogP contribution in [0.25, 0.3) is 10.2 Å². The topological polar surface area (TPSA) is 106 Å². The summed E-state index contributed by atoms with van der Waals surface area (Å²) < 4.78 is 5.84. The van der Waals surface area contributed by atoms with Gasteiger partial charge in [0.1, 0.15) is 0 Å². The van der Waals surface area contributed by atoms with Crippen molar-refractivity contribution in [1.29, 1.82) is 0 Å². The Bertz CT molecular complexity index is 1080. The normalized spacial score (nSPS) is 10.5. The summed E-state index contributed by atoms with van der Waals surface area (Å²) in [5, 5.41) is 17.5. The van der Waals surface area contributed by atoms with Crippen molar-refractivity contribution in [2.45, 2.75) is 6.92 Å². The van der Waals surface area contributed by atoms with Crippen LogP contribution in [-0.2, 0) is 0 Å². The van der Waals surface area contributed by atoms with Gasteiger partial charge in [0.25, 0.3) is 5.91 Å². The molecule has 11 heteroatoms. The predicted molar refractivity (Wildman–Crippen MR) is 113 cm³/mol. The number of aryl methyl sites for hydroxylation is 1. The summed E-state index contributed by atoms with van der Waals surface area (Å²) >= 11 is 12.6. The molecule has 0 spiro atoms. The highest BCUT2D eigenvalue weighted by Crippen LogP contribution is 2.30. The number of benzene rings is 2. The zero-order valence-electron chi connectivity index (χ0n) is 14.6. The fourth-order valence-corrected chi connectivity index (χ4v) is 3.74. The first-order valence-electron chi connectivity index (χ1n) is 7.80. The van der Waals surface area contributed by atoms with Gasteiger partial charge < -0.3 is 10.1 Å². The minimum atomic E-state index is -0.625. The van der Waals surface area contributed by atoms with Crippen molar-refractivity contribution in [3.63, 3.8) is 0 Å². The fourth-order valence-electron chi connectivity index (χ4n) is 2.38. The molecule has 2 aromatic carbocycles. The minimum Gasteiger partial charge on any atom is -0.490 e. The molecule has 0 aliphatic rings. The van der Waals surface area contributed by atoms with Crippen molar-refractivity contribution in [3.05, 3.63) is 56.6 Å². The van der Waals surface area contributed by atoms with Gasteiger partial charge in [0.2, 0.25) is 0 Å². The number of methoxy groups -OCH3 is 1. The van der Waals surface area contributed by atoms with Gasteiger partial charge in [-0.1, -0.05) is 22.9 Å². The van der Waals surface area contributed by atoms with E-state index in [1.165, 1.54) is 30.6 Å². The van der Waals surface area contributed by atoms with Gasteiger partial charge in [-0.25, -0.2) is 4.98 Å². The van der Waals surface area contributed by atoms with E-state index in [1.807, 2.05) is 13.0 Å². The molecule has 8 nitrogen and oxygen atoms in total. The number of thiazole rings is 1. The molecular weight excluding hydrogens is 424 g/mol. The van der Waals surface area contributed by atoms with Gasteiger partial charge in [-0.2, -0.15) is 0 Å². The summed E-state index contributed by atoms with van der Waals surface area (Å²) in [6.07, 6.45) is 0. The first kappa shape index (κ1) is 19.9. The largest absolute Gasteiger partial charge is 0.490 e. The molecule has 0 atom stereocenters. The second kappa shape index (κ2) is 8.05. The molecule has 1 amide bonds. The second-order valence-corrected chi connectivity index (χ2v) is 7.49. The maximum atomic E-state index is 12.3. The van der Waals surface area contributed by atoms with Crippen molar-refractivity contribution >= 4 is 67.2 Å². The molecule has 1 aromatic heterocycles. The van der Waals surface area contributed by atoms with E-state index in [0.29, 0.717) is 15.7 Å². The van der Waals surface area contributed by atoms with E-state index in [1.54, 1.807) is 6.07 Å². The van der Waals surface area contributed by atoms with Gasteiger partial charge in [-0.15, -0.1) is 0 Å². The molecule has 0 radical (unpaired) electrons. The third-order valence-corrected chi connectivity index (χ3v) is 5.30. The van der Waals surface area contributed by atoms with E-state index in [-0.39, 0.29) is 22.1 Å². The lowest BCUT2D eigenvalue weighted by atomic mass is 10.2. The Balaban J connectivity index is 1.73. The number of nitro groups is 1. The van der Waals surface area contributed by atoms with Crippen molar-refractivity contribution in [3.8, 4) is 5.75 Å². The smallest absolute Gasteiger partial charge is 0.311 e. The third-order valence-electron chi connectivity index (χ3n) is 3.75. The highest BCUT2D eigenvalue weighted by atomic mass is 35.5. The zero-order chi connectivity index (χ0) is 20.4. The Morgan fingerprint density at radius 2 is 2.11 bits per heavy atom. The van der Waals surface area contributed by atoms with Crippen LogP contribution in [0.15, 0.2) is 30.3 Å². The average Bonchev–Trinajstić information content (AvgIpc) is 3.01. The van der Waals surface area contributed by atoms with Crippen LogP contribution in [0.1, 0.15) is 15.9 Å². The number of carbonyl (C=O) groups is 1. The van der Waals surface area contributed by atoms with Crippen LogP contribution in [0.5, 0.6) is 5.75 Å². The maximum Gasteiger partial charge on any atom is 0.311 e. The number of carbonyl (C=O) groups excluding carboxylic acids is 1. The van der Waals surface area contributed by atoms with Gasteiger partial charge in [0.15, 0.2) is 16.0 Å². The number of nitro benzene ring substituents is 1. The number of thiocarbonyl (C=S) groups is 1. The predicted octanol–water partition coefficient (Wildman–Crippen LogP) is 4.30. The number of nitrogens with one attached hydrogen (secondary N) is 2. The van der Waals surface area contributed by atoms with Gasteiger partial charge in [0.05, 0.1) is 22.2 Å². The Hall–Kier alpha value is -2.82. The molecule has 0 bridgehead atoms. The first-order valence-corrected chi connectivity index (χ1v) is 9.40. The zero-order valence-corrected chi connectivity index (χ0v) is 17.0. The number of hydrogen-bond donors (Lipinski definition) is 2. The highest BCUT2D eigenvalue weighted by Gasteiger charge is 2.19. The Morgan fingerprint density at radius 3 is 2.79 bits per heavy atom. The van der Waals surface area contributed by atoms with Gasteiger partial charge in [-0.05, 0) is 49.0 Å². The monoisotopic (exact) mass is 436 g/mol. The first-order chi connectivity index (χ1) is 13.3. The van der Waals surface area contributed by atoms with Gasteiger partial charge >= 0.3 is 5.69 Å². The molecule has 0 aliphatic carbocycles. The molecule has 0 aliphatic heterocycles. The van der Waals surface area contributed by atoms with Gasteiger partial charge in [-0.3, -0.25) is 20.2 Å². The molecule has 1 heterocycles. The number of amides is 1. The summed E-state index contributed by atoms with van der Waals surface area (Å²) in [7, 11) is 1.31. The summed E-state index contributed by atoms with van der Waals surface area (Å²) in [5.74, 6) is -0.533. The lowest BCUT2D eigenvalue weighted by Crippen LogP contribution is -2.34. The molecular formula is C17H13ClN4O4S2. The van der Waals surface area contributed by atoms with E-state index in [0.717, 1.165) is 16.3 Å². The molecule has 144 valence electrons. The van der Waals surface area contributed by atoms with Crippen LogP contribution in [-0.4, -0.2) is 28.0 Å². The molecule has 3 rings (SSSR count). The quantitative estimate of drug-likeness (QED) is 0.356. The van der Waals surface area contributed by atoms with Crippen LogP contribution < -0.4 is 15.4 Å². The summed E-state index contributed by atoms with van der Waals surface area (Å²) in [6.45, 7) is 1.90. The standard InChI is InChI=1S/C17H13ClN4O4S2/c1-8-5-14-11(7-10(8)18)19-17(28-14)21-16(27)20-15(23)9-3-4-13(26-2)12(6-9)22(24)25/h3-7H,1-2H3,(H2,19,20,21,23,27). The van der Waals surface area contributed by atoms with Gasteiger partial charge in [0, 0.05) is 16.7 Å². The lowest BCUT2D eigenvalue weighted by Gasteiger charge is -2.08. The third kappa shape index (κ3) is 4.19. The Kier molecular flexibility index (Phi) is 5.73. The molecule has 0 saturated heterocycles. The van der Waals surface area contributed by atoms with Crippen LogP contribution in [0.4, 0.5) is 10.8 Å². The van der Waals surface area contributed by atoms with Crippen LogP contribution in [0, 0.1) is 17.0 Å².